The highest BCUT2D eigenvalue weighted by molar-refractivity contribution is 5.94. The Hall–Kier alpha value is -2.62. The van der Waals surface area contributed by atoms with E-state index >= 15 is 0 Å². The van der Waals surface area contributed by atoms with Crippen LogP contribution in [0.1, 0.15) is 39.9 Å². The van der Waals surface area contributed by atoms with E-state index in [9.17, 15) is 9.59 Å². The molecule has 1 heterocycles. The third-order valence-corrected chi connectivity index (χ3v) is 4.52. The van der Waals surface area contributed by atoms with E-state index in [1.807, 2.05) is 35.2 Å². The van der Waals surface area contributed by atoms with Gasteiger partial charge in [0.05, 0.1) is 0 Å². The molecule has 3 rings (SSSR count). The number of nitrogens with one attached hydrogen (secondary N) is 1. The molecule has 1 N–H and O–H groups in total. The third-order valence-electron chi connectivity index (χ3n) is 4.52. The fourth-order valence-corrected chi connectivity index (χ4v) is 3.19. The average molecular weight is 336 g/mol. The van der Waals surface area contributed by atoms with Gasteiger partial charge in [0.25, 0.3) is 5.91 Å². The Labute approximate surface area is 148 Å². The van der Waals surface area contributed by atoms with Crippen molar-refractivity contribution in [3.8, 4) is 0 Å². The second-order valence-electron chi connectivity index (χ2n) is 6.61. The lowest BCUT2D eigenvalue weighted by Gasteiger charge is -2.16. The van der Waals surface area contributed by atoms with Gasteiger partial charge in [-0.25, -0.2) is 0 Å². The van der Waals surface area contributed by atoms with E-state index in [1.165, 1.54) is 11.1 Å². The number of carbonyl (C=O) groups is 2. The Morgan fingerprint density at radius 1 is 1.12 bits per heavy atom. The van der Waals surface area contributed by atoms with Crippen LogP contribution < -0.4 is 5.32 Å². The van der Waals surface area contributed by atoms with Crippen LogP contribution in [0.3, 0.4) is 0 Å². The number of carbonyl (C=O) groups excluding carboxylic acids is 2. The number of likely N-dealkylation sites (tertiary alicyclic amines) is 1. The minimum absolute atomic E-state index is 0.0674. The van der Waals surface area contributed by atoms with Crippen LogP contribution in [0, 0.1) is 6.92 Å². The molecule has 25 heavy (non-hydrogen) atoms. The van der Waals surface area contributed by atoms with Crippen LogP contribution in [-0.4, -0.2) is 29.8 Å². The first kappa shape index (κ1) is 17.2. The molecule has 0 spiro atoms. The number of aryl methyl sites for hydroxylation is 1. The molecule has 4 heteroatoms. The first-order valence-corrected chi connectivity index (χ1v) is 8.82. The predicted octanol–water partition coefficient (Wildman–Crippen LogP) is 3.09. The summed E-state index contributed by atoms with van der Waals surface area (Å²) in [5.74, 6) is 0.135. The number of nitrogens with zero attached hydrogens (tertiary/aromatic N) is 1. The number of amides is 2. The molecular formula is C21H24N2O2. The monoisotopic (exact) mass is 336 g/mol. The molecule has 0 aliphatic carbocycles. The molecule has 2 amide bonds. The highest BCUT2D eigenvalue weighted by Gasteiger charge is 2.20. The fourth-order valence-electron chi connectivity index (χ4n) is 3.19. The molecular weight excluding hydrogens is 312 g/mol. The number of rotatable bonds is 6. The van der Waals surface area contributed by atoms with Crippen molar-refractivity contribution in [3.05, 3.63) is 70.8 Å². The molecule has 0 aromatic heterocycles. The molecule has 0 saturated carbocycles. The largest absolute Gasteiger partial charge is 0.352 e. The average Bonchev–Trinajstić information content (AvgIpc) is 3.00. The van der Waals surface area contributed by atoms with Crippen molar-refractivity contribution in [2.24, 2.45) is 0 Å². The minimum Gasteiger partial charge on any atom is -0.352 e. The zero-order valence-corrected chi connectivity index (χ0v) is 14.6. The molecule has 2 aromatic carbocycles. The predicted molar refractivity (Wildman–Crippen MR) is 98.3 cm³/mol. The van der Waals surface area contributed by atoms with E-state index in [1.54, 1.807) is 0 Å². The molecule has 1 aliphatic heterocycles. The van der Waals surface area contributed by atoms with Gasteiger partial charge in [-0.3, -0.25) is 9.59 Å². The zero-order valence-electron chi connectivity index (χ0n) is 14.6. The van der Waals surface area contributed by atoms with Crippen molar-refractivity contribution in [1.29, 1.82) is 0 Å². The summed E-state index contributed by atoms with van der Waals surface area (Å²) in [6.45, 7) is 4.07. The lowest BCUT2D eigenvalue weighted by molar-refractivity contribution is -0.128. The van der Waals surface area contributed by atoms with Gasteiger partial charge in [-0.1, -0.05) is 42.0 Å². The van der Waals surface area contributed by atoms with Crippen LogP contribution in [0.5, 0.6) is 0 Å². The van der Waals surface area contributed by atoms with E-state index in [4.69, 9.17) is 0 Å². The SMILES string of the molecule is Cc1cccc(CCNC(=O)c2cccc(CN3CCCC3=O)c2)c1. The van der Waals surface area contributed by atoms with Gasteiger partial charge in [0.15, 0.2) is 0 Å². The van der Waals surface area contributed by atoms with E-state index in [-0.39, 0.29) is 11.8 Å². The highest BCUT2D eigenvalue weighted by Crippen LogP contribution is 2.15. The fraction of sp³-hybridized carbons (Fsp3) is 0.333. The molecule has 0 bridgehead atoms. The molecule has 0 radical (unpaired) electrons. The van der Waals surface area contributed by atoms with Gasteiger partial charge in [-0.05, 0) is 43.0 Å². The lowest BCUT2D eigenvalue weighted by Crippen LogP contribution is -2.26. The summed E-state index contributed by atoms with van der Waals surface area (Å²) in [5.41, 5.74) is 4.10. The first-order chi connectivity index (χ1) is 12.1. The van der Waals surface area contributed by atoms with Gasteiger partial charge in [0, 0.05) is 31.6 Å². The lowest BCUT2D eigenvalue weighted by atomic mass is 10.1. The van der Waals surface area contributed by atoms with Gasteiger partial charge in [-0.15, -0.1) is 0 Å². The van der Waals surface area contributed by atoms with Crippen LogP contribution in [0.2, 0.25) is 0 Å². The van der Waals surface area contributed by atoms with Crippen molar-refractivity contribution in [1.82, 2.24) is 10.2 Å². The third kappa shape index (κ3) is 4.69. The van der Waals surface area contributed by atoms with Gasteiger partial charge in [-0.2, -0.15) is 0 Å². The zero-order chi connectivity index (χ0) is 17.6. The Morgan fingerprint density at radius 2 is 1.92 bits per heavy atom. The first-order valence-electron chi connectivity index (χ1n) is 8.82. The smallest absolute Gasteiger partial charge is 0.251 e. The second kappa shape index (κ2) is 7.97. The minimum atomic E-state index is -0.0674. The quantitative estimate of drug-likeness (QED) is 0.881. The van der Waals surface area contributed by atoms with Crippen molar-refractivity contribution in [2.45, 2.75) is 32.7 Å². The van der Waals surface area contributed by atoms with Crippen molar-refractivity contribution >= 4 is 11.8 Å². The summed E-state index contributed by atoms with van der Waals surface area (Å²) in [6, 6.07) is 15.9. The molecule has 1 fully saturated rings. The van der Waals surface area contributed by atoms with Crippen LogP contribution in [0.4, 0.5) is 0 Å². The van der Waals surface area contributed by atoms with E-state index in [0.717, 1.165) is 24.9 Å². The van der Waals surface area contributed by atoms with Crippen molar-refractivity contribution in [2.75, 3.05) is 13.1 Å². The maximum Gasteiger partial charge on any atom is 0.251 e. The number of benzene rings is 2. The van der Waals surface area contributed by atoms with Crippen LogP contribution in [0.25, 0.3) is 0 Å². The van der Waals surface area contributed by atoms with Crippen LogP contribution in [-0.2, 0) is 17.8 Å². The molecule has 130 valence electrons. The molecule has 0 unspecified atom stereocenters. The van der Waals surface area contributed by atoms with Crippen molar-refractivity contribution in [3.63, 3.8) is 0 Å². The summed E-state index contributed by atoms with van der Waals surface area (Å²) in [7, 11) is 0. The number of hydrogen-bond donors (Lipinski definition) is 1. The van der Waals surface area contributed by atoms with Gasteiger partial charge < -0.3 is 10.2 Å². The van der Waals surface area contributed by atoms with E-state index in [0.29, 0.717) is 25.1 Å². The molecule has 1 aliphatic rings. The van der Waals surface area contributed by atoms with Crippen LogP contribution in [0.15, 0.2) is 48.5 Å². The van der Waals surface area contributed by atoms with E-state index in [2.05, 4.69) is 30.4 Å². The van der Waals surface area contributed by atoms with Gasteiger partial charge in [0.2, 0.25) is 5.91 Å². The maximum atomic E-state index is 12.4. The molecule has 0 atom stereocenters. The summed E-state index contributed by atoms with van der Waals surface area (Å²) in [5, 5.41) is 2.98. The Bertz CT molecular complexity index is 770. The number of hydrogen-bond acceptors (Lipinski definition) is 2. The van der Waals surface area contributed by atoms with Gasteiger partial charge in [0.1, 0.15) is 0 Å². The summed E-state index contributed by atoms with van der Waals surface area (Å²) < 4.78 is 0. The molecule has 4 nitrogen and oxygen atoms in total. The van der Waals surface area contributed by atoms with Gasteiger partial charge >= 0.3 is 0 Å². The topological polar surface area (TPSA) is 49.4 Å². The Balaban J connectivity index is 1.55. The second-order valence-corrected chi connectivity index (χ2v) is 6.61. The van der Waals surface area contributed by atoms with E-state index < -0.39 is 0 Å². The molecule has 2 aromatic rings. The Morgan fingerprint density at radius 3 is 2.68 bits per heavy atom. The maximum absolute atomic E-state index is 12.4. The van der Waals surface area contributed by atoms with Crippen molar-refractivity contribution < 1.29 is 9.59 Å². The summed E-state index contributed by atoms with van der Waals surface area (Å²) in [6.07, 6.45) is 2.38. The normalized spacial score (nSPS) is 14.0. The highest BCUT2D eigenvalue weighted by atomic mass is 16.2. The summed E-state index contributed by atoms with van der Waals surface area (Å²) >= 11 is 0. The molecule has 1 saturated heterocycles. The standard InChI is InChI=1S/C21H24N2O2/c1-16-5-2-6-17(13-16)10-11-22-21(25)19-8-3-7-18(14-19)15-23-12-4-9-20(23)24/h2-3,5-8,13-14H,4,9-12,15H2,1H3,(H,22,25). The summed E-state index contributed by atoms with van der Waals surface area (Å²) in [4.78, 5) is 26.0. The van der Waals surface area contributed by atoms with Crippen LogP contribution >= 0.6 is 0 Å². The Kier molecular flexibility index (Phi) is 5.49.